The van der Waals surface area contributed by atoms with E-state index in [1.165, 1.54) is 34.9 Å². The third-order valence-electron chi connectivity index (χ3n) is 7.58. The average molecular weight is 620 g/mol. The summed E-state index contributed by atoms with van der Waals surface area (Å²) in [5, 5.41) is 6.50. The standard InChI is InChI=1S/C31H37N5O5.2C2H6/c1-31(2,3)41-30(38)35-26-14-20(11-12-21(26)15-27(35)29(37)39-4)17-34-18-24(32-19-34)22-8-7-9-25-23(22)16-33-36(25)28-10-5-6-13-40-28;2*1-2/h7-9,11-12,14-15,18,28,32-33H,5-6,10,13,16-17,19H2,1-4H3;2*1-2H3. The van der Waals surface area contributed by atoms with Crippen molar-refractivity contribution in [1.29, 1.82) is 0 Å². The van der Waals surface area contributed by atoms with Crippen LogP contribution in [0.4, 0.5) is 10.5 Å². The van der Waals surface area contributed by atoms with Crippen LogP contribution in [0.3, 0.4) is 0 Å². The van der Waals surface area contributed by atoms with Gasteiger partial charge in [-0.25, -0.2) is 19.6 Å². The van der Waals surface area contributed by atoms with Crippen LogP contribution in [0.25, 0.3) is 16.6 Å². The van der Waals surface area contributed by atoms with E-state index in [1.807, 2.05) is 45.9 Å². The molecular formula is C35H49N5O5. The van der Waals surface area contributed by atoms with Crippen molar-refractivity contribution in [2.75, 3.05) is 25.4 Å². The van der Waals surface area contributed by atoms with Gasteiger partial charge in [0.15, 0.2) is 0 Å². The van der Waals surface area contributed by atoms with Gasteiger partial charge in [-0.05, 0) is 63.8 Å². The fraction of sp³-hybridized carbons (Fsp3) is 0.486. The topological polar surface area (TPSA) is 97.3 Å². The minimum absolute atomic E-state index is 0.0662. The molecule has 10 heteroatoms. The number of ether oxygens (including phenoxy) is 3. The van der Waals surface area contributed by atoms with E-state index in [0.29, 0.717) is 18.7 Å². The number of methoxy groups -OCH3 is 1. The van der Waals surface area contributed by atoms with Gasteiger partial charge in [0.2, 0.25) is 0 Å². The summed E-state index contributed by atoms with van der Waals surface area (Å²) < 4.78 is 17.9. The van der Waals surface area contributed by atoms with Gasteiger partial charge in [0.25, 0.3) is 0 Å². The normalized spacial score (nSPS) is 17.3. The number of hydrogen-bond donors (Lipinski definition) is 2. The molecule has 45 heavy (non-hydrogen) atoms. The van der Waals surface area contributed by atoms with Crippen LogP contribution >= 0.6 is 0 Å². The van der Waals surface area contributed by atoms with Gasteiger partial charge in [0, 0.05) is 42.4 Å². The van der Waals surface area contributed by atoms with Gasteiger partial charge in [-0.2, -0.15) is 0 Å². The fourth-order valence-corrected chi connectivity index (χ4v) is 5.74. The third kappa shape index (κ3) is 7.45. The molecule has 1 aromatic heterocycles. The van der Waals surface area contributed by atoms with Gasteiger partial charge in [-0.15, -0.1) is 0 Å². The van der Waals surface area contributed by atoms with E-state index in [-0.39, 0.29) is 11.9 Å². The zero-order valence-electron chi connectivity index (χ0n) is 28.0. The van der Waals surface area contributed by atoms with E-state index >= 15 is 0 Å². The Morgan fingerprint density at radius 2 is 1.82 bits per heavy atom. The summed E-state index contributed by atoms with van der Waals surface area (Å²) in [5.74, 6) is -0.594. The smallest absolute Gasteiger partial charge is 0.419 e. The minimum Gasteiger partial charge on any atom is -0.464 e. The molecule has 3 aliphatic heterocycles. The van der Waals surface area contributed by atoms with E-state index in [0.717, 1.165) is 42.6 Å². The lowest BCUT2D eigenvalue weighted by Gasteiger charge is -2.32. The van der Waals surface area contributed by atoms with E-state index in [9.17, 15) is 9.59 Å². The van der Waals surface area contributed by atoms with Crippen LogP contribution in [0, 0.1) is 0 Å². The molecule has 0 amide bonds. The Hall–Kier alpha value is -4.02. The second-order valence-corrected chi connectivity index (χ2v) is 11.7. The van der Waals surface area contributed by atoms with Crippen LogP contribution in [0.1, 0.15) is 94.9 Å². The largest absolute Gasteiger partial charge is 0.464 e. The highest BCUT2D eigenvalue weighted by Gasteiger charge is 2.31. The first-order valence-corrected chi connectivity index (χ1v) is 16.1. The van der Waals surface area contributed by atoms with Gasteiger partial charge in [-0.1, -0.05) is 52.0 Å². The zero-order chi connectivity index (χ0) is 32.7. The van der Waals surface area contributed by atoms with Crippen molar-refractivity contribution in [3.63, 3.8) is 0 Å². The number of nitrogens with one attached hydrogen (secondary N) is 2. The van der Waals surface area contributed by atoms with Crippen molar-refractivity contribution in [3.05, 3.63) is 71.0 Å². The summed E-state index contributed by atoms with van der Waals surface area (Å²) >= 11 is 0. The first-order valence-electron chi connectivity index (χ1n) is 16.1. The number of carbonyl (C=O) groups excluding carboxylic acids is 2. The summed E-state index contributed by atoms with van der Waals surface area (Å²) in [6.07, 6.45) is 4.92. The highest BCUT2D eigenvalue weighted by Crippen LogP contribution is 2.35. The number of hydrazine groups is 1. The van der Waals surface area contributed by atoms with Gasteiger partial charge in [0.05, 0.1) is 30.7 Å². The highest BCUT2D eigenvalue weighted by molar-refractivity contribution is 6.01. The average Bonchev–Trinajstić information content (AvgIpc) is 3.79. The van der Waals surface area contributed by atoms with Crippen LogP contribution < -0.4 is 15.8 Å². The maximum absolute atomic E-state index is 13.1. The van der Waals surface area contributed by atoms with Crippen LogP contribution in [0.2, 0.25) is 0 Å². The second-order valence-electron chi connectivity index (χ2n) is 11.7. The Balaban J connectivity index is 0.00000111. The summed E-state index contributed by atoms with van der Waals surface area (Å²) in [7, 11) is 1.30. The molecule has 1 atom stereocenters. The second kappa shape index (κ2) is 14.8. The molecule has 10 nitrogen and oxygen atoms in total. The van der Waals surface area contributed by atoms with Gasteiger partial charge in [-0.3, -0.25) is 5.01 Å². The molecule has 4 heterocycles. The summed E-state index contributed by atoms with van der Waals surface area (Å²) in [6.45, 7) is 16.2. The Bertz CT molecular complexity index is 1520. The lowest BCUT2D eigenvalue weighted by atomic mass is 10.0. The van der Waals surface area contributed by atoms with Crippen molar-refractivity contribution >= 4 is 34.3 Å². The Kier molecular flexibility index (Phi) is 11.2. The molecule has 1 unspecified atom stereocenters. The Morgan fingerprint density at radius 3 is 2.51 bits per heavy atom. The fourth-order valence-electron chi connectivity index (χ4n) is 5.74. The van der Waals surface area contributed by atoms with E-state index in [1.54, 1.807) is 26.8 Å². The number of benzene rings is 2. The van der Waals surface area contributed by atoms with Crippen molar-refractivity contribution in [2.45, 2.75) is 92.6 Å². The number of rotatable bonds is 5. The number of carbonyl (C=O) groups is 2. The molecule has 0 spiro atoms. The predicted octanol–water partition coefficient (Wildman–Crippen LogP) is 6.98. The van der Waals surface area contributed by atoms with E-state index in [4.69, 9.17) is 14.2 Å². The number of fused-ring (bicyclic) bond motifs is 2. The van der Waals surface area contributed by atoms with Crippen molar-refractivity contribution in [3.8, 4) is 0 Å². The maximum atomic E-state index is 13.1. The number of hydrogen-bond acceptors (Lipinski definition) is 9. The lowest BCUT2D eigenvalue weighted by Crippen LogP contribution is -2.44. The van der Waals surface area contributed by atoms with E-state index in [2.05, 4.69) is 45.1 Å². The zero-order valence-corrected chi connectivity index (χ0v) is 28.0. The SMILES string of the molecule is CC.CC.COC(=O)c1cc2ccc(CN3C=C(c4cccc5c4CNN5C4CCCCO4)NC3)cc2n1C(=O)OC(C)(C)C. The van der Waals surface area contributed by atoms with E-state index < -0.39 is 17.7 Å². The van der Waals surface area contributed by atoms with Crippen LogP contribution in [0.15, 0.2) is 48.7 Å². The van der Waals surface area contributed by atoms with Crippen LogP contribution in [-0.2, 0) is 27.3 Å². The van der Waals surface area contributed by atoms with Crippen molar-refractivity contribution in [1.82, 2.24) is 20.2 Å². The molecule has 0 radical (unpaired) electrons. The molecule has 0 bridgehead atoms. The predicted molar refractivity (Wildman–Crippen MR) is 178 cm³/mol. The van der Waals surface area contributed by atoms with Crippen LogP contribution in [-0.4, -0.2) is 53.7 Å². The molecule has 0 aliphatic carbocycles. The van der Waals surface area contributed by atoms with Gasteiger partial charge < -0.3 is 24.4 Å². The molecule has 1 saturated heterocycles. The summed E-state index contributed by atoms with van der Waals surface area (Å²) in [6, 6.07) is 13.9. The van der Waals surface area contributed by atoms with Gasteiger partial charge in [0.1, 0.15) is 17.5 Å². The lowest BCUT2D eigenvalue weighted by molar-refractivity contribution is 0.00928. The Labute approximate surface area is 267 Å². The van der Waals surface area contributed by atoms with Crippen LogP contribution in [0.5, 0.6) is 0 Å². The highest BCUT2D eigenvalue weighted by atomic mass is 16.6. The number of aromatic nitrogens is 1. The first-order chi connectivity index (χ1) is 21.7. The molecule has 1 fully saturated rings. The quantitative estimate of drug-likeness (QED) is 0.293. The van der Waals surface area contributed by atoms with Crippen molar-refractivity contribution in [2.24, 2.45) is 0 Å². The molecule has 3 aliphatic rings. The number of esters is 1. The third-order valence-corrected chi connectivity index (χ3v) is 7.58. The molecule has 2 aromatic carbocycles. The first kappa shape index (κ1) is 33.9. The molecule has 6 rings (SSSR count). The number of anilines is 1. The number of nitrogens with zero attached hydrogens (tertiary/aromatic N) is 3. The molecule has 3 aromatic rings. The summed E-state index contributed by atoms with van der Waals surface area (Å²) in [5.41, 5.74) is 9.23. The Morgan fingerprint density at radius 1 is 1.04 bits per heavy atom. The summed E-state index contributed by atoms with van der Waals surface area (Å²) in [4.78, 5) is 27.8. The monoisotopic (exact) mass is 619 g/mol. The minimum atomic E-state index is -0.714. The molecule has 2 N–H and O–H groups in total. The van der Waals surface area contributed by atoms with Gasteiger partial charge >= 0.3 is 12.1 Å². The maximum Gasteiger partial charge on any atom is 0.419 e. The molecule has 0 saturated carbocycles. The van der Waals surface area contributed by atoms with Crippen molar-refractivity contribution < 1.29 is 23.8 Å². The molecular weight excluding hydrogens is 570 g/mol. The molecule has 244 valence electrons.